The zero-order valence-electron chi connectivity index (χ0n) is 7.34. The van der Waals surface area contributed by atoms with E-state index in [1.54, 1.807) is 0 Å². The van der Waals surface area contributed by atoms with Crippen LogP contribution in [0.4, 0.5) is 0 Å². The minimum absolute atomic E-state index is 0.336. The molecule has 0 radical (unpaired) electrons. The first-order valence-electron chi connectivity index (χ1n) is 4.39. The van der Waals surface area contributed by atoms with Crippen LogP contribution in [0.15, 0.2) is 23.4 Å². The summed E-state index contributed by atoms with van der Waals surface area (Å²) in [6.07, 6.45) is 7.14. The second-order valence-corrected chi connectivity index (χ2v) is 3.48. The van der Waals surface area contributed by atoms with Gasteiger partial charge in [-0.3, -0.25) is 4.79 Å². The number of carbonyl (C=O) groups excluding carboxylic acids is 1. The van der Waals surface area contributed by atoms with Crippen molar-refractivity contribution in [3.63, 3.8) is 0 Å². The lowest BCUT2D eigenvalue weighted by molar-refractivity contribution is -0.119. The summed E-state index contributed by atoms with van der Waals surface area (Å²) in [5, 5.41) is 0. The first-order chi connectivity index (χ1) is 5.77. The monoisotopic (exact) mass is 163 g/mol. The van der Waals surface area contributed by atoms with Gasteiger partial charge in [0.1, 0.15) is 0 Å². The van der Waals surface area contributed by atoms with E-state index in [4.69, 9.17) is 0 Å². The van der Waals surface area contributed by atoms with E-state index in [-0.39, 0.29) is 0 Å². The van der Waals surface area contributed by atoms with Gasteiger partial charge in [0.25, 0.3) is 0 Å². The van der Waals surface area contributed by atoms with Crippen LogP contribution in [0.25, 0.3) is 0 Å². The molecule has 2 rings (SSSR count). The second-order valence-electron chi connectivity index (χ2n) is 3.48. The van der Waals surface area contributed by atoms with E-state index in [1.165, 1.54) is 11.3 Å². The molecule has 1 aliphatic carbocycles. The molecule has 0 unspecified atom stereocenters. The fraction of sp³-hybridized carbons (Fsp3) is 0.500. The molecule has 0 aromatic rings. The van der Waals surface area contributed by atoms with Crippen molar-refractivity contribution in [2.75, 3.05) is 13.6 Å². The van der Waals surface area contributed by atoms with Crippen LogP contribution < -0.4 is 0 Å². The molecule has 0 atom stereocenters. The molecule has 0 bridgehead atoms. The number of Topliss-reactive ketones (excluding diaryl/α,β-unsaturated/α-hetero) is 1. The van der Waals surface area contributed by atoms with Crippen LogP contribution in [-0.4, -0.2) is 24.3 Å². The predicted molar refractivity (Wildman–Crippen MR) is 47.7 cm³/mol. The molecule has 12 heavy (non-hydrogen) atoms. The van der Waals surface area contributed by atoms with Crippen molar-refractivity contribution in [2.45, 2.75) is 19.3 Å². The Labute approximate surface area is 72.6 Å². The van der Waals surface area contributed by atoms with E-state index in [2.05, 4.69) is 17.1 Å². The highest BCUT2D eigenvalue weighted by molar-refractivity contribution is 5.85. The fourth-order valence-electron chi connectivity index (χ4n) is 1.93. The lowest BCUT2D eigenvalue weighted by Gasteiger charge is -2.30. The lowest BCUT2D eigenvalue weighted by atomic mass is 9.94. The van der Waals surface area contributed by atoms with Gasteiger partial charge >= 0.3 is 0 Å². The molecule has 0 aromatic heterocycles. The number of likely N-dealkylation sites (N-methyl/N-ethyl adjacent to an activating group) is 1. The Hall–Kier alpha value is -1.05. The van der Waals surface area contributed by atoms with Crippen LogP contribution in [0, 0.1) is 0 Å². The van der Waals surface area contributed by atoms with E-state index in [1.807, 2.05) is 7.05 Å². The molecule has 2 nitrogen and oxygen atoms in total. The molecule has 0 N–H and O–H groups in total. The van der Waals surface area contributed by atoms with Crippen LogP contribution >= 0.6 is 0 Å². The van der Waals surface area contributed by atoms with Crippen molar-refractivity contribution in [1.82, 2.24) is 4.90 Å². The number of rotatable bonds is 0. The van der Waals surface area contributed by atoms with Crippen molar-refractivity contribution in [2.24, 2.45) is 0 Å². The molecular formula is C10H13NO. The van der Waals surface area contributed by atoms with E-state index < -0.39 is 0 Å². The molecule has 2 aliphatic rings. The summed E-state index contributed by atoms with van der Waals surface area (Å²) in [6.45, 7) is 0.604. The summed E-state index contributed by atoms with van der Waals surface area (Å²) in [5.41, 5.74) is 2.61. The molecule has 0 saturated carbocycles. The van der Waals surface area contributed by atoms with Crippen molar-refractivity contribution in [1.29, 1.82) is 0 Å². The Morgan fingerprint density at radius 3 is 3.17 bits per heavy atom. The van der Waals surface area contributed by atoms with Crippen LogP contribution in [0.3, 0.4) is 0 Å². The Bertz CT molecular complexity index is 276. The summed E-state index contributed by atoms with van der Waals surface area (Å²) in [5.74, 6) is 0.336. The van der Waals surface area contributed by atoms with Crippen LogP contribution in [0.5, 0.6) is 0 Å². The maximum absolute atomic E-state index is 11.2. The summed E-state index contributed by atoms with van der Waals surface area (Å²) < 4.78 is 0. The number of carbonyl (C=O) groups is 1. The molecule has 0 amide bonds. The average Bonchev–Trinajstić information content (AvgIpc) is 2.04. The molecule has 0 fully saturated rings. The topological polar surface area (TPSA) is 20.3 Å². The normalized spacial score (nSPS) is 23.1. The van der Waals surface area contributed by atoms with E-state index in [0.717, 1.165) is 12.8 Å². The number of hydrogen-bond acceptors (Lipinski definition) is 2. The van der Waals surface area contributed by atoms with Crippen molar-refractivity contribution in [3.05, 3.63) is 23.4 Å². The van der Waals surface area contributed by atoms with Gasteiger partial charge in [-0.05, 0) is 18.4 Å². The zero-order chi connectivity index (χ0) is 8.55. The minimum Gasteiger partial charge on any atom is -0.370 e. The zero-order valence-corrected chi connectivity index (χ0v) is 7.34. The molecule has 2 heteroatoms. The standard InChI is InChI=1S/C10H13NO/c1-11-7-9(12)6-8-4-2-3-5-10(8)11/h2,4H,3,5-7H2,1H3. The summed E-state index contributed by atoms with van der Waals surface area (Å²) in [7, 11) is 2.01. The van der Waals surface area contributed by atoms with E-state index in [9.17, 15) is 4.79 Å². The van der Waals surface area contributed by atoms with Gasteiger partial charge in [0.05, 0.1) is 6.54 Å². The van der Waals surface area contributed by atoms with Gasteiger partial charge in [0, 0.05) is 19.2 Å². The number of nitrogens with zero attached hydrogens (tertiary/aromatic N) is 1. The average molecular weight is 163 g/mol. The Morgan fingerprint density at radius 1 is 1.50 bits per heavy atom. The number of ketones is 1. The SMILES string of the molecule is CN1CC(=O)CC2=C1CCC=C2. The smallest absolute Gasteiger partial charge is 0.156 e. The molecule has 1 heterocycles. The van der Waals surface area contributed by atoms with Gasteiger partial charge in [0.2, 0.25) is 0 Å². The van der Waals surface area contributed by atoms with Crippen molar-refractivity contribution in [3.8, 4) is 0 Å². The molecule has 0 aromatic carbocycles. The number of allylic oxidation sites excluding steroid dienone is 4. The van der Waals surface area contributed by atoms with Gasteiger partial charge in [-0.15, -0.1) is 0 Å². The maximum atomic E-state index is 11.2. The molecular weight excluding hydrogens is 150 g/mol. The molecule has 64 valence electrons. The van der Waals surface area contributed by atoms with Crippen molar-refractivity contribution >= 4 is 5.78 Å². The van der Waals surface area contributed by atoms with Crippen molar-refractivity contribution < 1.29 is 4.79 Å². The Kier molecular flexibility index (Phi) is 1.75. The summed E-state index contributed by atoms with van der Waals surface area (Å²) in [4.78, 5) is 13.3. The van der Waals surface area contributed by atoms with Gasteiger partial charge in [-0.1, -0.05) is 12.2 Å². The number of hydrogen-bond donors (Lipinski definition) is 0. The van der Waals surface area contributed by atoms with Gasteiger partial charge < -0.3 is 4.90 Å². The van der Waals surface area contributed by atoms with E-state index in [0.29, 0.717) is 18.7 Å². The van der Waals surface area contributed by atoms with Crippen LogP contribution in [0.1, 0.15) is 19.3 Å². The first-order valence-corrected chi connectivity index (χ1v) is 4.39. The molecule has 1 aliphatic heterocycles. The fourth-order valence-corrected chi connectivity index (χ4v) is 1.93. The largest absolute Gasteiger partial charge is 0.370 e. The highest BCUT2D eigenvalue weighted by atomic mass is 16.1. The first kappa shape index (κ1) is 7.59. The Balaban J connectivity index is 2.33. The Morgan fingerprint density at radius 2 is 2.33 bits per heavy atom. The minimum atomic E-state index is 0.336. The highest BCUT2D eigenvalue weighted by Crippen LogP contribution is 2.27. The highest BCUT2D eigenvalue weighted by Gasteiger charge is 2.21. The quantitative estimate of drug-likeness (QED) is 0.539. The van der Waals surface area contributed by atoms with Gasteiger partial charge in [0.15, 0.2) is 5.78 Å². The van der Waals surface area contributed by atoms with Crippen LogP contribution in [0.2, 0.25) is 0 Å². The van der Waals surface area contributed by atoms with Crippen LogP contribution in [-0.2, 0) is 4.79 Å². The summed E-state index contributed by atoms with van der Waals surface area (Å²) in [6, 6.07) is 0. The van der Waals surface area contributed by atoms with E-state index >= 15 is 0 Å². The third-order valence-corrected chi connectivity index (χ3v) is 2.50. The third-order valence-electron chi connectivity index (χ3n) is 2.50. The predicted octanol–water partition coefficient (Wildman–Crippen LogP) is 1.50. The van der Waals surface area contributed by atoms with Gasteiger partial charge in [-0.25, -0.2) is 0 Å². The van der Waals surface area contributed by atoms with Gasteiger partial charge in [-0.2, -0.15) is 0 Å². The third kappa shape index (κ3) is 1.17. The molecule has 0 spiro atoms. The lowest BCUT2D eigenvalue weighted by Crippen LogP contribution is -2.31. The maximum Gasteiger partial charge on any atom is 0.156 e. The summed E-state index contributed by atoms with van der Waals surface area (Å²) >= 11 is 0. The molecule has 0 saturated heterocycles. The second kappa shape index (κ2) is 2.77.